The Morgan fingerprint density at radius 1 is 1.06 bits per heavy atom. The monoisotopic (exact) mass is 218 g/mol. The van der Waals surface area contributed by atoms with Gasteiger partial charge in [-0.05, 0) is 49.0 Å². The predicted octanol–water partition coefficient (Wildman–Crippen LogP) is 2.80. The summed E-state index contributed by atoms with van der Waals surface area (Å²) in [6.07, 6.45) is 3.44. The number of hydrogen-bond donors (Lipinski definition) is 2. The van der Waals surface area contributed by atoms with Crippen molar-refractivity contribution in [3.8, 4) is 5.75 Å². The zero-order valence-electron chi connectivity index (χ0n) is 8.94. The fourth-order valence-corrected chi connectivity index (χ4v) is 2.12. The van der Waals surface area contributed by atoms with E-state index < -0.39 is 5.97 Å². The van der Waals surface area contributed by atoms with Crippen LogP contribution in [0.3, 0.4) is 0 Å². The van der Waals surface area contributed by atoms with E-state index >= 15 is 0 Å². The lowest BCUT2D eigenvalue weighted by Crippen LogP contribution is -2.08. The first-order chi connectivity index (χ1) is 7.68. The second kappa shape index (κ2) is 4.39. The van der Waals surface area contributed by atoms with Gasteiger partial charge in [-0.2, -0.15) is 0 Å². The number of carboxylic acid groups (broad SMARTS) is 1. The molecule has 0 aliphatic heterocycles. The second-order valence-electron chi connectivity index (χ2n) is 4.02. The molecule has 0 unspecified atom stereocenters. The summed E-state index contributed by atoms with van der Waals surface area (Å²) in [5, 5.41) is 18.3. The molecule has 0 atom stereocenters. The van der Waals surface area contributed by atoms with Crippen LogP contribution in [-0.4, -0.2) is 16.2 Å². The molecule has 16 heavy (non-hydrogen) atoms. The third-order valence-electron chi connectivity index (χ3n) is 2.94. The van der Waals surface area contributed by atoms with Gasteiger partial charge in [0, 0.05) is 5.57 Å². The summed E-state index contributed by atoms with van der Waals surface area (Å²) in [4.78, 5) is 11.1. The number of carboxylic acids is 1. The molecule has 1 aromatic carbocycles. The molecular formula is C13H14O3. The van der Waals surface area contributed by atoms with Crippen molar-refractivity contribution in [3.05, 3.63) is 35.4 Å². The minimum absolute atomic E-state index is 0.206. The molecule has 84 valence electrons. The summed E-state index contributed by atoms with van der Waals surface area (Å²) < 4.78 is 0. The summed E-state index contributed by atoms with van der Waals surface area (Å²) in [6, 6.07) is 6.74. The highest BCUT2D eigenvalue weighted by molar-refractivity contribution is 5.96. The summed E-state index contributed by atoms with van der Waals surface area (Å²) in [5.74, 6) is -0.611. The van der Waals surface area contributed by atoms with Crippen molar-refractivity contribution in [3.63, 3.8) is 0 Å². The number of rotatable bonds is 2. The quantitative estimate of drug-likeness (QED) is 0.802. The lowest BCUT2D eigenvalue weighted by molar-refractivity contribution is -0.132. The van der Waals surface area contributed by atoms with Crippen molar-refractivity contribution >= 4 is 11.5 Å². The highest BCUT2D eigenvalue weighted by atomic mass is 16.4. The average molecular weight is 218 g/mol. The average Bonchev–Trinajstić information content (AvgIpc) is 2.30. The van der Waals surface area contributed by atoms with Crippen LogP contribution in [0.15, 0.2) is 29.8 Å². The van der Waals surface area contributed by atoms with E-state index in [1.54, 1.807) is 24.3 Å². The number of hydrogen-bond acceptors (Lipinski definition) is 2. The minimum Gasteiger partial charge on any atom is -0.508 e. The molecule has 0 heterocycles. The third kappa shape index (κ3) is 2.08. The fraction of sp³-hybridized carbons (Fsp3) is 0.308. The van der Waals surface area contributed by atoms with E-state index in [2.05, 4.69) is 0 Å². The smallest absolute Gasteiger partial charge is 0.331 e. The molecule has 0 radical (unpaired) electrons. The fourth-order valence-electron chi connectivity index (χ4n) is 2.12. The van der Waals surface area contributed by atoms with Crippen LogP contribution < -0.4 is 0 Å². The largest absolute Gasteiger partial charge is 0.508 e. The number of aliphatic carboxylic acids is 1. The highest BCUT2D eigenvalue weighted by Gasteiger charge is 2.19. The predicted molar refractivity (Wildman–Crippen MR) is 61.1 cm³/mol. The van der Waals surface area contributed by atoms with E-state index in [1.807, 2.05) is 0 Å². The van der Waals surface area contributed by atoms with Gasteiger partial charge in [0.1, 0.15) is 5.75 Å². The first-order valence-electron chi connectivity index (χ1n) is 5.43. The molecule has 0 fully saturated rings. The molecule has 0 bridgehead atoms. The Bertz CT molecular complexity index is 429. The van der Waals surface area contributed by atoms with E-state index in [4.69, 9.17) is 5.11 Å². The van der Waals surface area contributed by atoms with Gasteiger partial charge >= 0.3 is 5.97 Å². The molecule has 1 aromatic rings. The number of aromatic hydroxyl groups is 1. The Balaban J connectivity index is 2.43. The van der Waals surface area contributed by atoms with Crippen LogP contribution in [0.25, 0.3) is 5.57 Å². The lowest BCUT2D eigenvalue weighted by Gasteiger charge is -2.17. The van der Waals surface area contributed by atoms with Gasteiger partial charge in [0.05, 0.1) is 0 Å². The zero-order valence-corrected chi connectivity index (χ0v) is 8.94. The van der Waals surface area contributed by atoms with Gasteiger partial charge in [-0.1, -0.05) is 12.1 Å². The normalized spacial score (nSPS) is 16.2. The van der Waals surface area contributed by atoms with Crippen LogP contribution in [-0.2, 0) is 4.79 Å². The Morgan fingerprint density at radius 2 is 1.69 bits per heavy atom. The van der Waals surface area contributed by atoms with Gasteiger partial charge in [-0.15, -0.1) is 0 Å². The Kier molecular flexibility index (Phi) is 2.95. The molecule has 0 saturated heterocycles. The zero-order chi connectivity index (χ0) is 11.5. The van der Waals surface area contributed by atoms with E-state index in [0.29, 0.717) is 12.0 Å². The second-order valence-corrected chi connectivity index (χ2v) is 4.02. The molecule has 3 nitrogen and oxygen atoms in total. The van der Waals surface area contributed by atoms with Crippen molar-refractivity contribution in [2.45, 2.75) is 25.7 Å². The summed E-state index contributed by atoms with van der Waals surface area (Å²) in [6.45, 7) is 0. The van der Waals surface area contributed by atoms with Gasteiger partial charge in [0.25, 0.3) is 0 Å². The molecule has 0 aromatic heterocycles. The molecule has 2 rings (SSSR count). The molecule has 0 amide bonds. The van der Waals surface area contributed by atoms with Crippen molar-refractivity contribution in [2.24, 2.45) is 0 Å². The van der Waals surface area contributed by atoms with Gasteiger partial charge in [0.15, 0.2) is 0 Å². The highest BCUT2D eigenvalue weighted by Crippen LogP contribution is 2.32. The van der Waals surface area contributed by atoms with E-state index in [0.717, 1.165) is 30.4 Å². The van der Waals surface area contributed by atoms with Gasteiger partial charge < -0.3 is 10.2 Å². The topological polar surface area (TPSA) is 57.5 Å². The summed E-state index contributed by atoms with van der Waals surface area (Å²) >= 11 is 0. The van der Waals surface area contributed by atoms with Crippen LogP contribution in [0.2, 0.25) is 0 Å². The van der Waals surface area contributed by atoms with Crippen LogP contribution in [0.4, 0.5) is 0 Å². The molecule has 0 saturated carbocycles. The van der Waals surface area contributed by atoms with Gasteiger partial charge in [-0.3, -0.25) is 0 Å². The van der Waals surface area contributed by atoms with Crippen LogP contribution in [0.1, 0.15) is 31.2 Å². The number of benzene rings is 1. The van der Waals surface area contributed by atoms with E-state index in [9.17, 15) is 9.90 Å². The van der Waals surface area contributed by atoms with Crippen LogP contribution in [0.5, 0.6) is 5.75 Å². The minimum atomic E-state index is -0.817. The summed E-state index contributed by atoms with van der Waals surface area (Å²) in [5.41, 5.74) is 2.35. The van der Waals surface area contributed by atoms with Gasteiger partial charge in [0.2, 0.25) is 0 Å². The first kappa shape index (κ1) is 10.7. The number of phenols is 1. The maximum absolute atomic E-state index is 11.1. The Morgan fingerprint density at radius 3 is 2.31 bits per heavy atom. The molecule has 2 N–H and O–H groups in total. The number of carbonyl (C=O) groups is 1. The molecule has 0 spiro atoms. The molecule has 3 heteroatoms. The standard InChI is InChI=1S/C13H14O3/c14-10-7-5-9(6-8-10)11-3-1-2-4-12(11)13(15)16/h5-8,14H,1-4H2,(H,15,16). The molecule has 1 aliphatic carbocycles. The first-order valence-corrected chi connectivity index (χ1v) is 5.43. The third-order valence-corrected chi connectivity index (χ3v) is 2.94. The van der Waals surface area contributed by atoms with Crippen molar-refractivity contribution in [1.29, 1.82) is 0 Å². The molecular weight excluding hydrogens is 204 g/mol. The van der Waals surface area contributed by atoms with E-state index in [1.165, 1.54) is 0 Å². The molecule has 1 aliphatic rings. The van der Waals surface area contributed by atoms with E-state index in [-0.39, 0.29) is 5.75 Å². The van der Waals surface area contributed by atoms with Crippen molar-refractivity contribution < 1.29 is 15.0 Å². The lowest BCUT2D eigenvalue weighted by atomic mass is 9.87. The maximum Gasteiger partial charge on any atom is 0.331 e. The van der Waals surface area contributed by atoms with Crippen molar-refractivity contribution in [2.75, 3.05) is 0 Å². The Labute approximate surface area is 94.0 Å². The van der Waals surface area contributed by atoms with Gasteiger partial charge in [-0.25, -0.2) is 4.79 Å². The van der Waals surface area contributed by atoms with Crippen LogP contribution in [0, 0.1) is 0 Å². The maximum atomic E-state index is 11.1. The van der Waals surface area contributed by atoms with Crippen molar-refractivity contribution in [1.82, 2.24) is 0 Å². The Hall–Kier alpha value is -1.77. The van der Waals surface area contributed by atoms with Crippen LogP contribution >= 0.6 is 0 Å². The summed E-state index contributed by atoms with van der Waals surface area (Å²) in [7, 11) is 0. The SMILES string of the molecule is O=C(O)C1=C(c2ccc(O)cc2)CCCC1. The number of allylic oxidation sites excluding steroid dienone is 1. The number of phenolic OH excluding ortho intramolecular Hbond substituents is 1.